The lowest BCUT2D eigenvalue weighted by molar-refractivity contribution is 0.0988. The molecule has 0 unspecified atom stereocenters. The number of aromatic nitrogens is 3. The molecule has 0 spiro atoms. The maximum atomic E-state index is 11.6. The van der Waals surface area contributed by atoms with E-state index in [9.17, 15) is 4.79 Å². The third kappa shape index (κ3) is 3.01. The van der Waals surface area contributed by atoms with Crippen molar-refractivity contribution in [2.45, 2.75) is 13.3 Å². The van der Waals surface area contributed by atoms with Crippen molar-refractivity contribution in [3.63, 3.8) is 0 Å². The average molecular weight is 263 g/mol. The second kappa shape index (κ2) is 5.55. The molecule has 0 saturated heterocycles. The van der Waals surface area contributed by atoms with Gasteiger partial charge in [-0.3, -0.25) is 4.79 Å². The number of nitrogens with zero attached hydrogens (tertiary/aromatic N) is 3. The Bertz CT molecular complexity index is 574. The normalized spacial score (nSPS) is 10.1. The van der Waals surface area contributed by atoms with Gasteiger partial charge in [0.05, 0.1) is 0 Å². The van der Waals surface area contributed by atoms with E-state index in [4.69, 9.17) is 11.6 Å². The number of ketones is 1. The molecule has 0 amide bonds. The average Bonchev–Trinajstić information content (AvgIpc) is 2.38. The number of benzene rings is 1. The second-order valence-electron chi connectivity index (χ2n) is 3.56. The van der Waals surface area contributed by atoms with Crippen molar-refractivity contribution in [1.82, 2.24) is 15.0 Å². The van der Waals surface area contributed by atoms with Gasteiger partial charge in [0.2, 0.25) is 11.2 Å². The fourth-order valence-corrected chi connectivity index (χ4v) is 1.56. The van der Waals surface area contributed by atoms with Crippen LogP contribution >= 0.6 is 11.6 Å². The van der Waals surface area contributed by atoms with Crippen LogP contribution in [-0.4, -0.2) is 20.7 Å². The first-order valence-corrected chi connectivity index (χ1v) is 5.81. The molecular weight excluding hydrogens is 252 g/mol. The minimum absolute atomic E-state index is 0.0901. The fourth-order valence-electron chi connectivity index (χ4n) is 1.44. The number of carbonyl (C=O) groups excluding carboxylic acids is 1. The van der Waals surface area contributed by atoms with Crippen molar-refractivity contribution in [3.8, 4) is 0 Å². The highest BCUT2D eigenvalue weighted by Crippen LogP contribution is 2.16. The smallest absolute Gasteiger partial charge is 0.231 e. The first-order chi connectivity index (χ1) is 8.69. The first kappa shape index (κ1) is 12.4. The van der Waals surface area contributed by atoms with Gasteiger partial charge >= 0.3 is 0 Å². The van der Waals surface area contributed by atoms with Gasteiger partial charge in [0.25, 0.3) is 0 Å². The van der Waals surface area contributed by atoms with Gasteiger partial charge in [-0.1, -0.05) is 19.1 Å². The van der Waals surface area contributed by atoms with Crippen molar-refractivity contribution in [2.75, 3.05) is 5.32 Å². The Balaban J connectivity index is 2.22. The van der Waals surface area contributed by atoms with Crippen molar-refractivity contribution in [2.24, 2.45) is 0 Å². The Labute approximate surface area is 109 Å². The van der Waals surface area contributed by atoms with E-state index in [2.05, 4.69) is 20.3 Å². The summed E-state index contributed by atoms with van der Waals surface area (Å²) in [6.45, 7) is 1.83. The summed E-state index contributed by atoms with van der Waals surface area (Å²) in [6.07, 6.45) is 1.79. The van der Waals surface area contributed by atoms with Crippen LogP contribution in [0.5, 0.6) is 0 Å². The highest BCUT2D eigenvalue weighted by molar-refractivity contribution is 6.28. The number of anilines is 2. The van der Waals surface area contributed by atoms with Crippen LogP contribution in [0, 0.1) is 0 Å². The molecule has 92 valence electrons. The molecule has 0 aliphatic rings. The summed E-state index contributed by atoms with van der Waals surface area (Å²) in [5.41, 5.74) is 1.39. The monoisotopic (exact) mass is 262 g/mol. The predicted molar refractivity (Wildman–Crippen MR) is 69.2 cm³/mol. The zero-order chi connectivity index (χ0) is 13.0. The first-order valence-electron chi connectivity index (χ1n) is 5.44. The number of rotatable bonds is 4. The Morgan fingerprint density at radius 3 is 2.94 bits per heavy atom. The molecule has 0 bridgehead atoms. The molecule has 0 aliphatic heterocycles. The van der Waals surface area contributed by atoms with E-state index in [1.807, 2.05) is 13.0 Å². The largest absolute Gasteiger partial charge is 0.324 e. The Hall–Kier alpha value is -2.01. The van der Waals surface area contributed by atoms with E-state index < -0.39 is 0 Å². The van der Waals surface area contributed by atoms with Gasteiger partial charge in [0.1, 0.15) is 6.33 Å². The molecule has 2 aromatic rings. The van der Waals surface area contributed by atoms with Crippen LogP contribution < -0.4 is 5.32 Å². The highest BCUT2D eigenvalue weighted by atomic mass is 35.5. The van der Waals surface area contributed by atoms with Crippen molar-refractivity contribution in [3.05, 3.63) is 41.4 Å². The Morgan fingerprint density at radius 1 is 1.39 bits per heavy atom. The Kier molecular flexibility index (Phi) is 3.84. The SMILES string of the molecule is CCC(=O)c1cccc(Nc2ncnc(Cl)n2)c1. The molecule has 1 aromatic heterocycles. The summed E-state index contributed by atoms with van der Waals surface area (Å²) >= 11 is 5.66. The molecule has 0 radical (unpaired) electrons. The van der Waals surface area contributed by atoms with E-state index in [0.29, 0.717) is 17.9 Å². The summed E-state index contributed by atoms with van der Waals surface area (Å²) in [6, 6.07) is 7.15. The van der Waals surface area contributed by atoms with Gasteiger partial charge in [0.15, 0.2) is 5.78 Å². The fraction of sp³-hybridized carbons (Fsp3) is 0.167. The van der Waals surface area contributed by atoms with Gasteiger partial charge in [-0.05, 0) is 23.7 Å². The molecule has 1 aromatic carbocycles. The van der Waals surface area contributed by atoms with Crippen LogP contribution in [0.2, 0.25) is 5.28 Å². The molecular formula is C12H11ClN4O. The number of halogens is 1. The van der Waals surface area contributed by atoms with E-state index in [1.165, 1.54) is 6.33 Å². The third-order valence-corrected chi connectivity index (χ3v) is 2.49. The highest BCUT2D eigenvalue weighted by Gasteiger charge is 2.05. The minimum atomic E-state index is 0.0901. The molecule has 0 saturated carbocycles. The van der Waals surface area contributed by atoms with Gasteiger partial charge in [-0.15, -0.1) is 0 Å². The van der Waals surface area contributed by atoms with E-state index in [1.54, 1.807) is 18.2 Å². The van der Waals surface area contributed by atoms with E-state index in [0.717, 1.165) is 5.69 Å². The van der Waals surface area contributed by atoms with Crippen LogP contribution in [0.1, 0.15) is 23.7 Å². The number of carbonyl (C=O) groups is 1. The molecule has 5 nitrogen and oxygen atoms in total. The van der Waals surface area contributed by atoms with Crippen molar-refractivity contribution < 1.29 is 4.79 Å². The molecule has 6 heteroatoms. The molecule has 1 N–H and O–H groups in total. The van der Waals surface area contributed by atoms with Gasteiger partial charge in [-0.25, -0.2) is 9.97 Å². The zero-order valence-electron chi connectivity index (χ0n) is 9.72. The van der Waals surface area contributed by atoms with Gasteiger partial charge in [0, 0.05) is 17.7 Å². The lowest BCUT2D eigenvalue weighted by Gasteiger charge is -2.05. The number of hydrogen-bond donors (Lipinski definition) is 1. The van der Waals surface area contributed by atoms with E-state index >= 15 is 0 Å². The zero-order valence-corrected chi connectivity index (χ0v) is 10.5. The molecule has 0 fully saturated rings. The van der Waals surface area contributed by atoms with E-state index in [-0.39, 0.29) is 11.1 Å². The van der Waals surface area contributed by atoms with Crippen LogP contribution in [0.15, 0.2) is 30.6 Å². The van der Waals surface area contributed by atoms with Gasteiger partial charge < -0.3 is 5.32 Å². The number of hydrogen-bond acceptors (Lipinski definition) is 5. The van der Waals surface area contributed by atoms with Gasteiger partial charge in [-0.2, -0.15) is 4.98 Å². The van der Waals surface area contributed by atoms with Crippen molar-refractivity contribution in [1.29, 1.82) is 0 Å². The topological polar surface area (TPSA) is 67.8 Å². The third-order valence-electron chi connectivity index (χ3n) is 2.30. The second-order valence-corrected chi connectivity index (χ2v) is 3.90. The maximum Gasteiger partial charge on any atom is 0.231 e. The lowest BCUT2D eigenvalue weighted by Crippen LogP contribution is -2.00. The summed E-state index contributed by atoms with van der Waals surface area (Å²) in [7, 11) is 0. The lowest BCUT2D eigenvalue weighted by atomic mass is 10.1. The molecule has 2 rings (SSSR count). The number of nitrogens with one attached hydrogen (secondary N) is 1. The summed E-state index contributed by atoms with van der Waals surface area (Å²) < 4.78 is 0. The minimum Gasteiger partial charge on any atom is -0.324 e. The van der Waals surface area contributed by atoms with Crippen LogP contribution in [0.25, 0.3) is 0 Å². The van der Waals surface area contributed by atoms with Crippen LogP contribution in [0.3, 0.4) is 0 Å². The molecule has 1 heterocycles. The predicted octanol–water partition coefficient (Wildman–Crippen LogP) is 2.86. The molecule has 0 aliphatic carbocycles. The van der Waals surface area contributed by atoms with Crippen molar-refractivity contribution >= 4 is 29.0 Å². The molecule has 0 atom stereocenters. The molecule has 18 heavy (non-hydrogen) atoms. The maximum absolute atomic E-state index is 11.6. The summed E-state index contributed by atoms with van der Waals surface area (Å²) in [5, 5.41) is 3.08. The van der Waals surface area contributed by atoms with Crippen LogP contribution in [-0.2, 0) is 0 Å². The summed E-state index contributed by atoms with van der Waals surface area (Å²) in [5.74, 6) is 0.434. The number of Topliss-reactive ketones (excluding diaryl/α,β-unsaturated/α-hetero) is 1. The Morgan fingerprint density at radius 2 is 2.22 bits per heavy atom. The van der Waals surface area contributed by atoms with Crippen LogP contribution in [0.4, 0.5) is 11.6 Å². The quantitative estimate of drug-likeness (QED) is 0.858. The standard InChI is InChI=1S/C12H11ClN4O/c1-2-10(18)8-4-3-5-9(6-8)16-12-15-7-14-11(13)17-12/h3-7H,2H2,1H3,(H,14,15,16,17). The summed E-state index contributed by atoms with van der Waals surface area (Å²) in [4.78, 5) is 23.1.